The van der Waals surface area contributed by atoms with Crippen LogP contribution in [0.2, 0.25) is 0 Å². The first kappa shape index (κ1) is 12.6. The molecule has 0 saturated heterocycles. The van der Waals surface area contributed by atoms with Crippen molar-refractivity contribution < 1.29 is 5.11 Å². The minimum absolute atomic E-state index is 0.0240. The number of hydrogen-bond acceptors (Lipinski definition) is 3. The van der Waals surface area contributed by atoms with Crippen LogP contribution in [-0.2, 0) is 12.1 Å². The largest absolute Gasteiger partial charge is 0.394 e. The maximum Gasteiger partial charge on any atom is 0.0613 e. The third kappa shape index (κ3) is 2.69. The van der Waals surface area contributed by atoms with Gasteiger partial charge >= 0.3 is 0 Å². The Morgan fingerprint density at radius 3 is 2.59 bits per heavy atom. The van der Waals surface area contributed by atoms with E-state index in [0.717, 1.165) is 19.4 Å². The highest BCUT2D eigenvalue weighted by Gasteiger charge is 2.35. The van der Waals surface area contributed by atoms with E-state index in [2.05, 4.69) is 37.4 Å². The summed E-state index contributed by atoms with van der Waals surface area (Å²) >= 11 is 0. The van der Waals surface area contributed by atoms with E-state index in [1.54, 1.807) is 0 Å². The quantitative estimate of drug-likeness (QED) is 0.837. The third-order valence-electron chi connectivity index (χ3n) is 3.60. The molecule has 4 heteroatoms. The second-order valence-corrected chi connectivity index (χ2v) is 6.11. The van der Waals surface area contributed by atoms with Crippen molar-refractivity contribution in [1.82, 2.24) is 15.1 Å². The van der Waals surface area contributed by atoms with E-state index in [1.807, 2.05) is 10.9 Å². The normalized spacial score (nSPS) is 19.1. The Morgan fingerprint density at radius 1 is 1.47 bits per heavy atom. The minimum atomic E-state index is -0.0240. The van der Waals surface area contributed by atoms with Crippen LogP contribution in [-0.4, -0.2) is 27.0 Å². The fourth-order valence-corrected chi connectivity index (χ4v) is 2.10. The number of rotatable bonds is 4. The smallest absolute Gasteiger partial charge is 0.0613 e. The van der Waals surface area contributed by atoms with E-state index in [0.29, 0.717) is 0 Å². The topological polar surface area (TPSA) is 50.1 Å². The van der Waals surface area contributed by atoms with Gasteiger partial charge in [0, 0.05) is 23.8 Å². The summed E-state index contributed by atoms with van der Waals surface area (Å²) in [5, 5.41) is 17.2. The van der Waals surface area contributed by atoms with Crippen molar-refractivity contribution in [1.29, 1.82) is 0 Å². The van der Waals surface area contributed by atoms with Gasteiger partial charge in [-0.25, -0.2) is 0 Å². The van der Waals surface area contributed by atoms with E-state index in [9.17, 15) is 5.11 Å². The molecule has 1 heterocycles. The fourth-order valence-electron chi connectivity index (χ4n) is 2.10. The second-order valence-electron chi connectivity index (χ2n) is 6.11. The summed E-state index contributed by atoms with van der Waals surface area (Å²) < 4.78 is 1.98. The van der Waals surface area contributed by atoms with E-state index in [4.69, 9.17) is 0 Å². The van der Waals surface area contributed by atoms with Crippen molar-refractivity contribution in [3.63, 3.8) is 0 Å². The van der Waals surface area contributed by atoms with Gasteiger partial charge in [0.15, 0.2) is 0 Å². The van der Waals surface area contributed by atoms with Gasteiger partial charge in [0.25, 0.3) is 0 Å². The molecule has 17 heavy (non-hydrogen) atoms. The fraction of sp³-hybridized carbons (Fsp3) is 0.769. The molecule has 1 fully saturated rings. The molecule has 0 unspecified atom stereocenters. The van der Waals surface area contributed by atoms with Crippen LogP contribution >= 0.6 is 0 Å². The molecule has 0 aliphatic heterocycles. The summed E-state index contributed by atoms with van der Waals surface area (Å²) in [6, 6.07) is 0. The second kappa shape index (κ2) is 4.42. The van der Waals surface area contributed by atoms with Gasteiger partial charge in [-0.05, 0) is 40.0 Å². The number of aliphatic hydroxyl groups is 1. The predicted molar refractivity (Wildman–Crippen MR) is 67.7 cm³/mol. The Kier molecular flexibility index (Phi) is 3.27. The summed E-state index contributed by atoms with van der Waals surface area (Å²) in [5.41, 5.74) is 1.19. The number of hydrogen-bond donors (Lipinski definition) is 2. The molecule has 0 aromatic carbocycles. The van der Waals surface area contributed by atoms with Crippen molar-refractivity contribution in [3.05, 3.63) is 18.0 Å². The molecule has 1 aliphatic rings. The maximum absolute atomic E-state index is 9.37. The molecule has 4 nitrogen and oxygen atoms in total. The first-order valence-electron chi connectivity index (χ1n) is 6.35. The van der Waals surface area contributed by atoms with Gasteiger partial charge in [0.2, 0.25) is 0 Å². The van der Waals surface area contributed by atoms with Crippen LogP contribution in [0.15, 0.2) is 12.4 Å². The molecule has 0 radical (unpaired) electrons. The Labute approximate surface area is 103 Å². The van der Waals surface area contributed by atoms with Gasteiger partial charge in [-0.3, -0.25) is 4.68 Å². The van der Waals surface area contributed by atoms with E-state index in [-0.39, 0.29) is 17.7 Å². The zero-order valence-corrected chi connectivity index (χ0v) is 11.0. The SMILES string of the molecule is CC(C)(C)n1cc(CNC2(CO)CCC2)cn1. The predicted octanol–water partition coefficient (Wildman–Crippen LogP) is 1.64. The van der Waals surface area contributed by atoms with Crippen LogP contribution in [0.3, 0.4) is 0 Å². The van der Waals surface area contributed by atoms with Crippen LogP contribution in [0, 0.1) is 0 Å². The minimum Gasteiger partial charge on any atom is -0.394 e. The zero-order chi connectivity index (χ0) is 12.5. The van der Waals surface area contributed by atoms with Crippen LogP contribution in [0.5, 0.6) is 0 Å². The van der Waals surface area contributed by atoms with Gasteiger partial charge in [0.05, 0.1) is 18.3 Å². The number of nitrogens with one attached hydrogen (secondary N) is 1. The van der Waals surface area contributed by atoms with Crippen LogP contribution < -0.4 is 5.32 Å². The maximum atomic E-state index is 9.37. The lowest BCUT2D eigenvalue weighted by Gasteiger charge is -2.41. The lowest BCUT2D eigenvalue weighted by Crippen LogP contribution is -2.53. The Bertz CT molecular complexity index is 369. The number of aliphatic hydroxyl groups excluding tert-OH is 1. The Balaban J connectivity index is 1.93. The van der Waals surface area contributed by atoms with Crippen molar-refractivity contribution >= 4 is 0 Å². The molecule has 0 bridgehead atoms. The first-order valence-corrected chi connectivity index (χ1v) is 6.35. The van der Waals surface area contributed by atoms with Crippen LogP contribution in [0.4, 0.5) is 0 Å². The highest BCUT2D eigenvalue weighted by molar-refractivity contribution is 5.07. The van der Waals surface area contributed by atoms with Gasteiger partial charge in [-0.15, -0.1) is 0 Å². The van der Waals surface area contributed by atoms with Crippen molar-refractivity contribution in [2.24, 2.45) is 0 Å². The zero-order valence-electron chi connectivity index (χ0n) is 11.0. The molecule has 96 valence electrons. The van der Waals surface area contributed by atoms with Gasteiger partial charge in [0.1, 0.15) is 0 Å². The third-order valence-corrected chi connectivity index (χ3v) is 3.60. The number of nitrogens with zero attached hydrogens (tertiary/aromatic N) is 2. The van der Waals surface area contributed by atoms with Gasteiger partial charge < -0.3 is 10.4 Å². The Morgan fingerprint density at radius 2 is 2.18 bits per heavy atom. The number of aromatic nitrogens is 2. The van der Waals surface area contributed by atoms with E-state index >= 15 is 0 Å². The highest BCUT2D eigenvalue weighted by atomic mass is 16.3. The van der Waals surface area contributed by atoms with Gasteiger partial charge in [-0.2, -0.15) is 5.10 Å². The van der Waals surface area contributed by atoms with Crippen LogP contribution in [0.1, 0.15) is 45.6 Å². The Hall–Kier alpha value is -0.870. The van der Waals surface area contributed by atoms with Crippen molar-refractivity contribution in [2.45, 2.75) is 57.7 Å². The average molecular weight is 237 g/mol. The lowest BCUT2D eigenvalue weighted by molar-refractivity contribution is 0.0872. The molecule has 1 aromatic heterocycles. The molecule has 1 aromatic rings. The molecule has 1 aliphatic carbocycles. The van der Waals surface area contributed by atoms with Crippen molar-refractivity contribution in [2.75, 3.05) is 6.61 Å². The highest BCUT2D eigenvalue weighted by Crippen LogP contribution is 2.31. The monoisotopic (exact) mass is 237 g/mol. The van der Waals surface area contributed by atoms with E-state index in [1.165, 1.54) is 12.0 Å². The molecule has 2 rings (SSSR count). The summed E-state index contributed by atoms with van der Waals surface area (Å²) in [6.45, 7) is 7.44. The van der Waals surface area contributed by atoms with Crippen molar-refractivity contribution in [3.8, 4) is 0 Å². The standard InChI is InChI=1S/C13H23N3O/c1-12(2,3)16-9-11(8-15-16)7-14-13(10-17)5-4-6-13/h8-9,14,17H,4-7,10H2,1-3H3. The summed E-state index contributed by atoms with van der Waals surface area (Å²) in [6.07, 6.45) is 7.36. The molecule has 0 spiro atoms. The van der Waals surface area contributed by atoms with Gasteiger partial charge in [-0.1, -0.05) is 0 Å². The summed E-state index contributed by atoms with van der Waals surface area (Å²) in [4.78, 5) is 0. The van der Waals surface area contributed by atoms with E-state index < -0.39 is 0 Å². The average Bonchev–Trinajstić information content (AvgIpc) is 2.65. The molecular weight excluding hydrogens is 214 g/mol. The molecule has 1 saturated carbocycles. The molecular formula is C13H23N3O. The molecule has 0 amide bonds. The molecule has 0 atom stereocenters. The summed E-state index contributed by atoms with van der Waals surface area (Å²) in [7, 11) is 0. The lowest BCUT2D eigenvalue weighted by atomic mass is 9.77. The first-order chi connectivity index (χ1) is 7.95. The summed E-state index contributed by atoms with van der Waals surface area (Å²) in [5.74, 6) is 0. The molecule has 2 N–H and O–H groups in total. The van der Waals surface area contributed by atoms with Crippen LogP contribution in [0.25, 0.3) is 0 Å².